The van der Waals surface area contributed by atoms with Crippen LogP contribution in [0.3, 0.4) is 0 Å². The van der Waals surface area contributed by atoms with Crippen LogP contribution in [0, 0.1) is 6.92 Å². The zero-order chi connectivity index (χ0) is 12.1. The first-order valence-corrected chi connectivity index (χ1v) is 6.04. The van der Waals surface area contributed by atoms with E-state index in [0.29, 0.717) is 0 Å². The lowest BCUT2D eigenvalue weighted by Gasteiger charge is -2.06. The lowest BCUT2D eigenvalue weighted by Crippen LogP contribution is -1.88. The number of benzene rings is 2. The van der Waals surface area contributed by atoms with Gasteiger partial charge in [0.15, 0.2) is 0 Å². The Hall–Kier alpha value is -1.82. The van der Waals surface area contributed by atoms with Gasteiger partial charge in [-0.1, -0.05) is 66.7 Å². The van der Waals surface area contributed by atoms with E-state index in [4.69, 9.17) is 0 Å². The average Bonchev–Trinajstić information content (AvgIpc) is 2.38. The van der Waals surface area contributed by atoms with Crippen molar-refractivity contribution < 1.29 is 0 Å². The molecule has 0 saturated heterocycles. The van der Waals surface area contributed by atoms with Crippen LogP contribution >= 0.6 is 0 Å². The Kier molecular flexibility index (Phi) is 3.77. The third-order valence-electron chi connectivity index (χ3n) is 3.02. The minimum Gasteiger partial charge on any atom is -0.0952 e. The molecular weight excluding hydrogens is 204 g/mol. The maximum atomic E-state index is 4.17. The molecule has 0 aliphatic heterocycles. The Labute approximate surface area is 104 Å². The van der Waals surface area contributed by atoms with Gasteiger partial charge in [0, 0.05) is 0 Å². The smallest absolute Gasteiger partial charge is 0.0230 e. The highest BCUT2D eigenvalue weighted by molar-refractivity contribution is 5.63. The minimum atomic E-state index is 1.02. The van der Waals surface area contributed by atoms with Crippen molar-refractivity contribution >= 4 is 5.57 Å². The van der Waals surface area contributed by atoms with Crippen LogP contribution in [0.4, 0.5) is 0 Å². The molecule has 2 aromatic rings. The van der Waals surface area contributed by atoms with Crippen molar-refractivity contribution in [3.63, 3.8) is 0 Å². The van der Waals surface area contributed by atoms with E-state index in [-0.39, 0.29) is 0 Å². The van der Waals surface area contributed by atoms with Gasteiger partial charge in [-0.2, -0.15) is 0 Å². The number of hydrogen-bond acceptors (Lipinski definition) is 0. The molecule has 0 spiro atoms. The summed E-state index contributed by atoms with van der Waals surface area (Å²) in [6, 6.07) is 19.2. The van der Waals surface area contributed by atoms with E-state index in [0.717, 1.165) is 12.8 Å². The van der Waals surface area contributed by atoms with E-state index >= 15 is 0 Å². The Morgan fingerprint density at radius 3 is 2.24 bits per heavy atom. The van der Waals surface area contributed by atoms with Crippen molar-refractivity contribution in [2.24, 2.45) is 0 Å². The van der Waals surface area contributed by atoms with E-state index < -0.39 is 0 Å². The molecule has 86 valence electrons. The molecule has 17 heavy (non-hydrogen) atoms. The first-order valence-electron chi connectivity index (χ1n) is 6.04. The lowest BCUT2D eigenvalue weighted by molar-refractivity contribution is 1.02. The quantitative estimate of drug-likeness (QED) is 0.707. The summed E-state index contributed by atoms with van der Waals surface area (Å²) in [4.78, 5) is 0. The van der Waals surface area contributed by atoms with Crippen LogP contribution in [-0.4, -0.2) is 0 Å². The fraction of sp³-hybridized carbons (Fsp3) is 0.176. The Morgan fingerprint density at radius 1 is 0.941 bits per heavy atom. The minimum absolute atomic E-state index is 1.02. The third-order valence-corrected chi connectivity index (χ3v) is 3.02. The standard InChI is InChI=1S/C17H18/c1-14-8-12-17(13-9-14)15(2)10-11-16-6-4-3-5-7-16/h3-9,12-13H,2,10-11H2,1H3. The van der Waals surface area contributed by atoms with Crippen LogP contribution in [0.1, 0.15) is 23.1 Å². The van der Waals surface area contributed by atoms with Gasteiger partial charge in [0.25, 0.3) is 0 Å². The van der Waals surface area contributed by atoms with Gasteiger partial charge in [-0.15, -0.1) is 0 Å². The highest BCUT2D eigenvalue weighted by Crippen LogP contribution is 2.19. The summed E-state index contributed by atoms with van der Waals surface area (Å²) in [7, 11) is 0. The molecular formula is C17H18. The highest BCUT2D eigenvalue weighted by Gasteiger charge is 1.99. The van der Waals surface area contributed by atoms with Gasteiger partial charge in [0.2, 0.25) is 0 Å². The van der Waals surface area contributed by atoms with Gasteiger partial charge in [0.1, 0.15) is 0 Å². The Morgan fingerprint density at radius 2 is 1.59 bits per heavy atom. The van der Waals surface area contributed by atoms with Crippen molar-refractivity contribution in [3.8, 4) is 0 Å². The molecule has 0 nitrogen and oxygen atoms in total. The van der Waals surface area contributed by atoms with E-state index in [1.54, 1.807) is 0 Å². The SMILES string of the molecule is C=C(CCc1ccccc1)c1ccc(C)cc1. The first-order chi connectivity index (χ1) is 8.25. The van der Waals surface area contributed by atoms with E-state index in [9.17, 15) is 0 Å². The van der Waals surface area contributed by atoms with Gasteiger partial charge in [-0.25, -0.2) is 0 Å². The summed E-state index contributed by atoms with van der Waals surface area (Å²) >= 11 is 0. The summed E-state index contributed by atoms with van der Waals surface area (Å²) in [5, 5.41) is 0. The van der Waals surface area contributed by atoms with Gasteiger partial charge < -0.3 is 0 Å². The van der Waals surface area contributed by atoms with Gasteiger partial charge in [0.05, 0.1) is 0 Å². The van der Waals surface area contributed by atoms with Gasteiger partial charge in [-0.05, 0) is 36.5 Å². The molecule has 0 fully saturated rings. The zero-order valence-corrected chi connectivity index (χ0v) is 10.3. The van der Waals surface area contributed by atoms with Crippen LogP contribution in [0.15, 0.2) is 61.2 Å². The topological polar surface area (TPSA) is 0 Å². The van der Waals surface area contributed by atoms with Gasteiger partial charge >= 0.3 is 0 Å². The third kappa shape index (κ3) is 3.32. The van der Waals surface area contributed by atoms with Gasteiger partial charge in [-0.3, -0.25) is 0 Å². The van der Waals surface area contributed by atoms with Crippen LogP contribution in [0.2, 0.25) is 0 Å². The summed E-state index contributed by atoms with van der Waals surface area (Å²) < 4.78 is 0. The van der Waals surface area contributed by atoms with Crippen molar-refractivity contribution in [1.29, 1.82) is 0 Å². The summed E-state index contributed by atoms with van der Waals surface area (Å²) in [5.74, 6) is 0. The predicted molar refractivity (Wildman–Crippen MR) is 75.0 cm³/mol. The molecule has 0 amide bonds. The number of hydrogen-bond donors (Lipinski definition) is 0. The molecule has 0 aliphatic carbocycles. The van der Waals surface area contributed by atoms with Crippen molar-refractivity contribution in [2.75, 3.05) is 0 Å². The molecule has 0 bridgehead atoms. The second kappa shape index (κ2) is 5.49. The van der Waals surface area contributed by atoms with Crippen LogP contribution in [0.25, 0.3) is 5.57 Å². The highest BCUT2D eigenvalue weighted by atomic mass is 14.0. The molecule has 0 heterocycles. The molecule has 2 rings (SSSR count). The zero-order valence-electron chi connectivity index (χ0n) is 10.3. The van der Waals surface area contributed by atoms with Crippen LogP contribution < -0.4 is 0 Å². The molecule has 0 unspecified atom stereocenters. The number of aryl methyl sites for hydroxylation is 2. The van der Waals surface area contributed by atoms with Crippen LogP contribution in [-0.2, 0) is 6.42 Å². The fourth-order valence-electron chi connectivity index (χ4n) is 1.87. The van der Waals surface area contributed by atoms with Crippen molar-refractivity contribution in [2.45, 2.75) is 19.8 Å². The Balaban J connectivity index is 1.96. The molecule has 0 atom stereocenters. The second-order valence-corrected chi connectivity index (χ2v) is 4.46. The molecule has 0 saturated carbocycles. The largest absolute Gasteiger partial charge is 0.0952 e. The van der Waals surface area contributed by atoms with Crippen LogP contribution in [0.5, 0.6) is 0 Å². The lowest BCUT2D eigenvalue weighted by atomic mass is 9.99. The number of allylic oxidation sites excluding steroid dienone is 1. The molecule has 0 radical (unpaired) electrons. The number of rotatable bonds is 4. The Bertz CT molecular complexity index is 477. The van der Waals surface area contributed by atoms with E-state index in [1.807, 2.05) is 0 Å². The fourth-order valence-corrected chi connectivity index (χ4v) is 1.87. The summed E-state index contributed by atoms with van der Waals surface area (Å²) in [5.41, 5.74) is 5.14. The molecule has 0 N–H and O–H groups in total. The molecule has 0 aliphatic rings. The molecule has 0 aromatic heterocycles. The normalized spacial score (nSPS) is 10.2. The summed E-state index contributed by atoms with van der Waals surface area (Å²) in [6.45, 7) is 6.28. The van der Waals surface area contributed by atoms with E-state index in [1.165, 1.54) is 22.3 Å². The van der Waals surface area contributed by atoms with E-state index in [2.05, 4.69) is 68.1 Å². The maximum Gasteiger partial charge on any atom is -0.0230 e. The second-order valence-electron chi connectivity index (χ2n) is 4.46. The monoisotopic (exact) mass is 222 g/mol. The predicted octanol–water partition coefficient (Wildman–Crippen LogP) is 4.64. The van der Waals surface area contributed by atoms with Crippen molar-refractivity contribution in [1.82, 2.24) is 0 Å². The van der Waals surface area contributed by atoms with Crippen molar-refractivity contribution in [3.05, 3.63) is 77.9 Å². The first kappa shape index (κ1) is 11.7. The average molecular weight is 222 g/mol. The maximum absolute atomic E-state index is 4.17. The molecule has 2 aromatic carbocycles. The summed E-state index contributed by atoms with van der Waals surface area (Å²) in [6.07, 6.45) is 2.08. The molecule has 0 heteroatoms.